The van der Waals surface area contributed by atoms with Gasteiger partial charge in [0.1, 0.15) is 0 Å². The summed E-state index contributed by atoms with van der Waals surface area (Å²) < 4.78 is 2.02. The molecule has 15 heavy (non-hydrogen) atoms. The average Bonchev–Trinajstić information content (AvgIpc) is 2.54. The molecule has 3 heteroatoms. The average molecular weight is 219 g/mol. The molecule has 0 radical (unpaired) electrons. The lowest BCUT2D eigenvalue weighted by atomic mass is 10.1. The second kappa shape index (κ2) is 3.96. The molecule has 0 aliphatic heterocycles. The lowest BCUT2D eigenvalue weighted by Crippen LogP contribution is -1.83. The molecule has 0 aliphatic rings. The van der Waals surface area contributed by atoms with E-state index in [1.807, 2.05) is 36.0 Å². The summed E-state index contributed by atoms with van der Waals surface area (Å²) in [5.41, 5.74) is 2.24. The van der Waals surface area contributed by atoms with Crippen LogP contribution in [-0.4, -0.2) is 4.57 Å². The molecule has 0 N–H and O–H groups in total. The Kier molecular flexibility index (Phi) is 2.66. The van der Waals surface area contributed by atoms with E-state index in [0.717, 1.165) is 22.3 Å². The third kappa shape index (κ3) is 1.71. The Morgan fingerprint density at radius 3 is 3.00 bits per heavy atom. The summed E-state index contributed by atoms with van der Waals surface area (Å²) in [5.74, 6) is 0. The number of fused-ring (bicyclic) bond motifs is 1. The normalized spacial score (nSPS) is 10.5. The highest BCUT2D eigenvalue weighted by Gasteiger charge is 2.08. The number of hydrogen-bond acceptors (Lipinski definition) is 1. The van der Waals surface area contributed by atoms with Crippen molar-refractivity contribution in [1.29, 1.82) is 5.26 Å². The Labute approximate surface area is 93.7 Å². The molecule has 2 rings (SSSR count). The number of aromatic nitrogens is 1. The van der Waals surface area contributed by atoms with Gasteiger partial charge in [-0.2, -0.15) is 5.26 Å². The first-order chi connectivity index (χ1) is 7.24. The fourth-order valence-electron chi connectivity index (χ4n) is 1.89. The minimum Gasteiger partial charge on any atom is -0.349 e. The molecule has 0 atom stereocenters. The number of benzene rings is 1. The van der Waals surface area contributed by atoms with Crippen molar-refractivity contribution in [3.63, 3.8) is 0 Å². The molecule has 2 nitrogen and oxygen atoms in total. The lowest BCUT2D eigenvalue weighted by Gasteiger charge is -1.98. The zero-order valence-corrected chi connectivity index (χ0v) is 9.25. The molecular weight excluding hydrogens is 208 g/mol. The Balaban J connectivity index is 2.59. The number of halogens is 1. The Morgan fingerprint density at radius 1 is 1.47 bits per heavy atom. The van der Waals surface area contributed by atoms with E-state index in [0.29, 0.717) is 6.42 Å². The quantitative estimate of drug-likeness (QED) is 0.761. The molecule has 1 heterocycles. The van der Waals surface area contributed by atoms with Gasteiger partial charge in [0.15, 0.2) is 0 Å². The Hall–Kier alpha value is -1.46. The number of aryl methyl sites for hydroxylation is 2. The van der Waals surface area contributed by atoms with Gasteiger partial charge < -0.3 is 4.57 Å². The van der Waals surface area contributed by atoms with Crippen LogP contribution in [0.1, 0.15) is 12.0 Å². The summed E-state index contributed by atoms with van der Waals surface area (Å²) in [5, 5.41) is 10.5. The summed E-state index contributed by atoms with van der Waals surface area (Å²) in [7, 11) is 1.98. The lowest BCUT2D eigenvalue weighted by molar-refractivity contribution is 0.940. The number of para-hydroxylation sites is 1. The Bertz CT molecular complexity index is 534. The van der Waals surface area contributed by atoms with Gasteiger partial charge in [0.05, 0.1) is 16.6 Å². The van der Waals surface area contributed by atoms with Gasteiger partial charge >= 0.3 is 0 Å². The van der Waals surface area contributed by atoms with Crippen molar-refractivity contribution < 1.29 is 0 Å². The van der Waals surface area contributed by atoms with Crippen molar-refractivity contribution in [1.82, 2.24) is 4.57 Å². The van der Waals surface area contributed by atoms with Crippen LogP contribution in [0.4, 0.5) is 0 Å². The molecule has 0 aliphatic carbocycles. The second-order valence-electron chi connectivity index (χ2n) is 3.56. The van der Waals surface area contributed by atoms with Gasteiger partial charge in [-0.05, 0) is 18.1 Å². The molecule has 0 bridgehead atoms. The highest BCUT2D eigenvalue weighted by Crippen LogP contribution is 2.27. The molecule has 0 saturated carbocycles. The van der Waals surface area contributed by atoms with E-state index in [-0.39, 0.29) is 0 Å². The monoisotopic (exact) mass is 218 g/mol. The SMILES string of the molecule is Cn1cc(CCC#N)c2cccc(Cl)c21. The first-order valence-corrected chi connectivity index (χ1v) is 5.21. The third-order valence-corrected chi connectivity index (χ3v) is 2.85. The smallest absolute Gasteiger partial charge is 0.0669 e. The molecule has 0 amide bonds. The predicted molar refractivity (Wildman–Crippen MR) is 61.9 cm³/mol. The van der Waals surface area contributed by atoms with E-state index in [4.69, 9.17) is 16.9 Å². The van der Waals surface area contributed by atoms with Crippen LogP contribution in [0.3, 0.4) is 0 Å². The minimum atomic E-state index is 0.547. The van der Waals surface area contributed by atoms with Gasteiger partial charge in [0, 0.05) is 25.1 Å². The maximum Gasteiger partial charge on any atom is 0.0669 e. The molecular formula is C12H11ClN2. The van der Waals surface area contributed by atoms with E-state index in [1.165, 1.54) is 5.56 Å². The molecule has 0 spiro atoms. The van der Waals surface area contributed by atoms with Gasteiger partial charge in [-0.1, -0.05) is 23.7 Å². The number of hydrogen-bond donors (Lipinski definition) is 0. The van der Waals surface area contributed by atoms with Crippen molar-refractivity contribution >= 4 is 22.5 Å². The van der Waals surface area contributed by atoms with Gasteiger partial charge in [0.2, 0.25) is 0 Å². The van der Waals surface area contributed by atoms with Crippen LogP contribution in [0, 0.1) is 11.3 Å². The number of nitriles is 1. The molecule has 1 aromatic heterocycles. The summed E-state index contributed by atoms with van der Waals surface area (Å²) in [6.07, 6.45) is 3.38. The van der Waals surface area contributed by atoms with Gasteiger partial charge in [-0.3, -0.25) is 0 Å². The van der Waals surface area contributed by atoms with E-state index in [2.05, 4.69) is 6.07 Å². The maximum atomic E-state index is 8.58. The molecule has 0 fully saturated rings. The van der Waals surface area contributed by atoms with Gasteiger partial charge in [0.25, 0.3) is 0 Å². The van der Waals surface area contributed by atoms with Crippen LogP contribution >= 0.6 is 11.6 Å². The van der Waals surface area contributed by atoms with Crippen LogP contribution in [-0.2, 0) is 13.5 Å². The highest BCUT2D eigenvalue weighted by molar-refractivity contribution is 6.35. The molecule has 1 aromatic carbocycles. The molecule has 2 aromatic rings. The number of rotatable bonds is 2. The van der Waals surface area contributed by atoms with E-state index < -0.39 is 0 Å². The van der Waals surface area contributed by atoms with Crippen LogP contribution in [0.5, 0.6) is 0 Å². The standard InChI is InChI=1S/C12H11ClN2/c1-15-8-9(4-3-7-14)10-5-2-6-11(13)12(10)15/h2,5-6,8H,3-4H2,1H3. The van der Waals surface area contributed by atoms with Crippen molar-refractivity contribution in [3.05, 3.63) is 35.0 Å². The van der Waals surface area contributed by atoms with E-state index in [1.54, 1.807) is 0 Å². The maximum absolute atomic E-state index is 8.58. The summed E-state index contributed by atoms with van der Waals surface area (Å²) in [6.45, 7) is 0. The zero-order valence-electron chi connectivity index (χ0n) is 8.50. The van der Waals surface area contributed by atoms with Crippen LogP contribution in [0.2, 0.25) is 5.02 Å². The highest BCUT2D eigenvalue weighted by atomic mass is 35.5. The summed E-state index contributed by atoms with van der Waals surface area (Å²) in [6, 6.07) is 8.04. The van der Waals surface area contributed by atoms with Crippen LogP contribution < -0.4 is 0 Å². The predicted octanol–water partition coefficient (Wildman–Crippen LogP) is 3.29. The first-order valence-electron chi connectivity index (χ1n) is 4.83. The van der Waals surface area contributed by atoms with Crippen molar-refractivity contribution in [2.45, 2.75) is 12.8 Å². The molecule has 76 valence electrons. The van der Waals surface area contributed by atoms with Gasteiger partial charge in [-0.25, -0.2) is 0 Å². The summed E-state index contributed by atoms with van der Waals surface area (Å²) in [4.78, 5) is 0. The topological polar surface area (TPSA) is 28.7 Å². The van der Waals surface area contributed by atoms with Crippen LogP contribution in [0.25, 0.3) is 10.9 Å². The Morgan fingerprint density at radius 2 is 2.27 bits per heavy atom. The third-order valence-electron chi connectivity index (χ3n) is 2.54. The summed E-state index contributed by atoms with van der Waals surface area (Å²) >= 11 is 6.12. The first kappa shape index (κ1) is 10.1. The van der Waals surface area contributed by atoms with Crippen molar-refractivity contribution in [2.75, 3.05) is 0 Å². The van der Waals surface area contributed by atoms with E-state index in [9.17, 15) is 0 Å². The fraction of sp³-hybridized carbons (Fsp3) is 0.250. The fourth-order valence-corrected chi connectivity index (χ4v) is 2.20. The number of nitrogens with zero attached hydrogens (tertiary/aromatic N) is 2. The largest absolute Gasteiger partial charge is 0.349 e. The zero-order chi connectivity index (χ0) is 10.8. The van der Waals surface area contributed by atoms with Crippen LogP contribution in [0.15, 0.2) is 24.4 Å². The van der Waals surface area contributed by atoms with E-state index >= 15 is 0 Å². The van der Waals surface area contributed by atoms with Crippen molar-refractivity contribution in [2.24, 2.45) is 7.05 Å². The minimum absolute atomic E-state index is 0.547. The molecule has 0 unspecified atom stereocenters. The second-order valence-corrected chi connectivity index (χ2v) is 3.97. The van der Waals surface area contributed by atoms with Gasteiger partial charge in [-0.15, -0.1) is 0 Å². The molecule has 0 saturated heterocycles. The van der Waals surface area contributed by atoms with Crippen molar-refractivity contribution in [3.8, 4) is 6.07 Å².